The molecule has 3 heteroatoms. The molecule has 100 valence electrons. The van der Waals surface area contributed by atoms with Crippen molar-refractivity contribution in [2.75, 3.05) is 5.32 Å². The lowest BCUT2D eigenvalue weighted by Crippen LogP contribution is -2.22. The van der Waals surface area contributed by atoms with Crippen LogP contribution in [0, 0.1) is 0 Å². The predicted octanol–water partition coefficient (Wildman–Crippen LogP) is 4.45. The van der Waals surface area contributed by atoms with E-state index in [0.29, 0.717) is 12.0 Å². The van der Waals surface area contributed by atoms with Gasteiger partial charge in [-0.2, -0.15) is 0 Å². The first-order chi connectivity index (χ1) is 9.38. The predicted molar refractivity (Wildman–Crippen MR) is 76.5 cm³/mol. The SMILES string of the molecule is c1cc2oc(C3CC3)nc2cc1NC1CCCCC1. The summed E-state index contributed by atoms with van der Waals surface area (Å²) >= 11 is 0. The number of oxazole rings is 1. The number of nitrogens with zero attached hydrogens (tertiary/aromatic N) is 1. The Hall–Kier alpha value is -1.51. The Morgan fingerprint density at radius 1 is 1.05 bits per heavy atom. The average Bonchev–Trinajstić information content (AvgIpc) is 3.20. The number of aromatic nitrogens is 1. The Balaban J connectivity index is 1.56. The second-order valence-corrected chi connectivity index (χ2v) is 5.99. The highest BCUT2D eigenvalue weighted by Crippen LogP contribution is 2.40. The molecule has 2 aromatic rings. The van der Waals surface area contributed by atoms with E-state index < -0.39 is 0 Å². The standard InChI is InChI=1S/C16H20N2O/c1-2-4-12(5-3-1)17-13-8-9-15-14(10-13)18-16(19-15)11-6-7-11/h8-12,17H,1-7H2. The maximum atomic E-state index is 5.80. The fraction of sp³-hybridized carbons (Fsp3) is 0.562. The van der Waals surface area contributed by atoms with Gasteiger partial charge in [-0.3, -0.25) is 0 Å². The first-order valence-corrected chi connectivity index (χ1v) is 7.55. The van der Waals surface area contributed by atoms with E-state index in [-0.39, 0.29) is 0 Å². The smallest absolute Gasteiger partial charge is 0.198 e. The quantitative estimate of drug-likeness (QED) is 0.881. The van der Waals surface area contributed by atoms with Crippen LogP contribution in [0.25, 0.3) is 11.1 Å². The molecule has 4 rings (SSSR count). The summed E-state index contributed by atoms with van der Waals surface area (Å²) in [6.07, 6.45) is 9.17. The lowest BCUT2D eigenvalue weighted by molar-refractivity contribution is 0.463. The molecule has 3 nitrogen and oxygen atoms in total. The van der Waals surface area contributed by atoms with E-state index in [2.05, 4.69) is 28.5 Å². The molecule has 0 atom stereocenters. The first kappa shape index (κ1) is 11.3. The number of rotatable bonds is 3. The van der Waals surface area contributed by atoms with Crippen molar-refractivity contribution in [3.8, 4) is 0 Å². The molecule has 1 heterocycles. The maximum absolute atomic E-state index is 5.80. The number of nitrogens with one attached hydrogen (secondary N) is 1. The average molecular weight is 256 g/mol. The van der Waals surface area contributed by atoms with Gasteiger partial charge in [0.05, 0.1) is 0 Å². The number of fused-ring (bicyclic) bond motifs is 1. The highest BCUT2D eigenvalue weighted by atomic mass is 16.3. The second-order valence-electron chi connectivity index (χ2n) is 5.99. The number of hydrogen-bond donors (Lipinski definition) is 1. The Labute approximate surface area is 113 Å². The Morgan fingerprint density at radius 2 is 1.89 bits per heavy atom. The first-order valence-electron chi connectivity index (χ1n) is 7.55. The maximum Gasteiger partial charge on any atom is 0.198 e. The van der Waals surface area contributed by atoms with Crippen LogP contribution in [0.1, 0.15) is 56.8 Å². The number of benzene rings is 1. The van der Waals surface area contributed by atoms with Crippen molar-refractivity contribution in [3.63, 3.8) is 0 Å². The monoisotopic (exact) mass is 256 g/mol. The van der Waals surface area contributed by atoms with Gasteiger partial charge in [0.25, 0.3) is 0 Å². The largest absolute Gasteiger partial charge is 0.440 e. The molecular weight excluding hydrogens is 236 g/mol. The van der Waals surface area contributed by atoms with Gasteiger partial charge in [0, 0.05) is 17.6 Å². The zero-order valence-corrected chi connectivity index (χ0v) is 11.2. The summed E-state index contributed by atoms with van der Waals surface area (Å²) in [5.41, 5.74) is 3.12. The van der Waals surface area contributed by atoms with E-state index in [1.165, 1.54) is 50.6 Å². The normalized spacial score (nSPS) is 20.8. The van der Waals surface area contributed by atoms with Crippen molar-refractivity contribution >= 4 is 16.8 Å². The minimum Gasteiger partial charge on any atom is -0.440 e. The number of hydrogen-bond acceptors (Lipinski definition) is 3. The summed E-state index contributed by atoms with van der Waals surface area (Å²) in [6, 6.07) is 6.96. The van der Waals surface area contributed by atoms with Gasteiger partial charge in [-0.1, -0.05) is 19.3 Å². The van der Waals surface area contributed by atoms with Crippen molar-refractivity contribution < 1.29 is 4.42 Å². The van der Waals surface area contributed by atoms with E-state index in [1.54, 1.807) is 0 Å². The van der Waals surface area contributed by atoms with Crippen LogP contribution in [0.15, 0.2) is 22.6 Å². The van der Waals surface area contributed by atoms with E-state index in [9.17, 15) is 0 Å². The van der Waals surface area contributed by atoms with Crippen molar-refractivity contribution in [1.29, 1.82) is 0 Å². The molecule has 1 aromatic heterocycles. The van der Waals surface area contributed by atoms with Gasteiger partial charge in [-0.15, -0.1) is 0 Å². The van der Waals surface area contributed by atoms with Gasteiger partial charge in [0.1, 0.15) is 5.52 Å². The van der Waals surface area contributed by atoms with Crippen LogP contribution in [0.4, 0.5) is 5.69 Å². The zero-order valence-electron chi connectivity index (χ0n) is 11.2. The summed E-state index contributed by atoms with van der Waals surface area (Å²) in [4.78, 5) is 4.62. The minimum atomic E-state index is 0.585. The van der Waals surface area contributed by atoms with Crippen LogP contribution < -0.4 is 5.32 Å². The van der Waals surface area contributed by atoms with Crippen molar-refractivity contribution in [2.24, 2.45) is 0 Å². The molecule has 0 unspecified atom stereocenters. The Morgan fingerprint density at radius 3 is 2.68 bits per heavy atom. The van der Waals surface area contributed by atoms with Gasteiger partial charge in [-0.05, 0) is 43.9 Å². The fourth-order valence-corrected chi connectivity index (χ4v) is 3.02. The minimum absolute atomic E-state index is 0.585. The molecule has 19 heavy (non-hydrogen) atoms. The molecule has 0 amide bonds. The molecule has 2 fully saturated rings. The summed E-state index contributed by atoms with van der Waals surface area (Å²) in [6.45, 7) is 0. The van der Waals surface area contributed by atoms with Crippen LogP contribution >= 0.6 is 0 Å². The van der Waals surface area contributed by atoms with Gasteiger partial charge >= 0.3 is 0 Å². The van der Waals surface area contributed by atoms with Crippen LogP contribution in [-0.2, 0) is 0 Å². The summed E-state index contributed by atoms with van der Waals surface area (Å²) in [5, 5.41) is 3.65. The fourth-order valence-electron chi connectivity index (χ4n) is 3.02. The third-order valence-electron chi connectivity index (χ3n) is 4.31. The molecule has 2 aliphatic carbocycles. The van der Waals surface area contributed by atoms with Crippen LogP contribution in [0.2, 0.25) is 0 Å². The Bertz CT molecular complexity index is 579. The molecule has 2 saturated carbocycles. The van der Waals surface area contributed by atoms with Gasteiger partial charge in [0.2, 0.25) is 0 Å². The van der Waals surface area contributed by atoms with E-state index in [1.807, 2.05) is 0 Å². The van der Waals surface area contributed by atoms with Gasteiger partial charge in [0.15, 0.2) is 11.5 Å². The molecule has 0 saturated heterocycles. The molecule has 0 bridgehead atoms. The second kappa shape index (κ2) is 4.55. The zero-order chi connectivity index (χ0) is 12.7. The summed E-state index contributed by atoms with van der Waals surface area (Å²) in [7, 11) is 0. The van der Waals surface area contributed by atoms with Crippen molar-refractivity contribution in [3.05, 3.63) is 24.1 Å². The highest BCUT2D eigenvalue weighted by molar-refractivity contribution is 5.77. The van der Waals surface area contributed by atoms with Gasteiger partial charge in [-0.25, -0.2) is 4.98 Å². The highest BCUT2D eigenvalue weighted by Gasteiger charge is 2.28. The molecule has 1 aromatic carbocycles. The van der Waals surface area contributed by atoms with Crippen LogP contribution in [-0.4, -0.2) is 11.0 Å². The molecule has 0 aliphatic heterocycles. The summed E-state index contributed by atoms with van der Waals surface area (Å²) in [5.74, 6) is 1.52. The van der Waals surface area contributed by atoms with E-state index in [0.717, 1.165) is 17.0 Å². The summed E-state index contributed by atoms with van der Waals surface area (Å²) < 4.78 is 5.80. The Kier molecular flexibility index (Phi) is 2.71. The lowest BCUT2D eigenvalue weighted by Gasteiger charge is -2.23. The molecule has 2 aliphatic rings. The third-order valence-corrected chi connectivity index (χ3v) is 4.31. The van der Waals surface area contributed by atoms with Crippen LogP contribution in [0.5, 0.6) is 0 Å². The van der Waals surface area contributed by atoms with Crippen LogP contribution in [0.3, 0.4) is 0 Å². The molecule has 0 radical (unpaired) electrons. The molecule has 0 spiro atoms. The van der Waals surface area contributed by atoms with Gasteiger partial charge < -0.3 is 9.73 Å². The molecular formula is C16H20N2O. The molecule has 1 N–H and O–H groups in total. The van der Waals surface area contributed by atoms with Crippen molar-refractivity contribution in [2.45, 2.75) is 56.9 Å². The third kappa shape index (κ3) is 2.34. The van der Waals surface area contributed by atoms with Crippen molar-refractivity contribution in [1.82, 2.24) is 4.98 Å². The lowest BCUT2D eigenvalue weighted by atomic mass is 9.95. The number of anilines is 1. The topological polar surface area (TPSA) is 38.1 Å². The van der Waals surface area contributed by atoms with E-state index >= 15 is 0 Å². The van der Waals surface area contributed by atoms with E-state index in [4.69, 9.17) is 4.42 Å².